The molecule has 0 rings (SSSR count). The van der Waals surface area contributed by atoms with Crippen molar-refractivity contribution in [2.24, 2.45) is 5.73 Å². The fourth-order valence-electron chi connectivity index (χ4n) is 0.185. The Kier molecular flexibility index (Phi) is 5.24. The predicted octanol–water partition coefficient (Wildman–Crippen LogP) is 0.767. The van der Waals surface area contributed by atoms with Crippen LogP contribution >= 0.6 is 8.58 Å². The number of hydrogen-bond donors (Lipinski definition) is 1. The largest absolute Gasteiger partial charge is 0.327 e. The van der Waals surface area contributed by atoms with Crippen molar-refractivity contribution in [1.82, 2.24) is 0 Å². The van der Waals surface area contributed by atoms with E-state index in [1.165, 1.54) is 0 Å². The Balaban J connectivity index is 2.49. The van der Waals surface area contributed by atoms with Crippen molar-refractivity contribution in [3.8, 4) is 0 Å². The van der Waals surface area contributed by atoms with Crippen molar-refractivity contribution < 1.29 is 0 Å². The number of rotatable bonds is 3. The number of allylic oxidation sites excluding steroid dienone is 1. The van der Waals surface area contributed by atoms with E-state index in [0.717, 1.165) is 21.0 Å². The maximum Gasteiger partial charge on any atom is 0.0102 e. The van der Waals surface area contributed by atoms with Crippen molar-refractivity contribution in [3.05, 3.63) is 12.7 Å². The molecule has 0 aliphatic carbocycles. The van der Waals surface area contributed by atoms with Crippen molar-refractivity contribution in [3.63, 3.8) is 0 Å². The molecule has 2 N–H and O–H groups in total. The van der Waals surface area contributed by atoms with Gasteiger partial charge in [-0.3, -0.25) is 0 Å². The fourth-order valence-corrected chi connectivity index (χ4v) is 0.556. The molecular formula is C4H10NP. The molecule has 0 aliphatic rings. The molecule has 0 amide bonds. The Morgan fingerprint density at radius 3 is 2.67 bits per heavy atom. The quantitative estimate of drug-likeness (QED) is 0.318. The van der Waals surface area contributed by atoms with E-state index in [9.17, 15) is 0 Å². The Bertz CT molecular complexity index is 36.5. The second-order valence-corrected chi connectivity index (χ2v) is 2.26. The molecule has 0 fully saturated rings. The highest BCUT2D eigenvalue weighted by Crippen LogP contribution is 2.02. The minimum absolute atomic E-state index is 0.812. The molecule has 0 bridgehead atoms. The van der Waals surface area contributed by atoms with E-state index in [-0.39, 0.29) is 0 Å². The maximum absolute atomic E-state index is 5.18. The van der Waals surface area contributed by atoms with E-state index in [1.54, 1.807) is 0 Å². The Labute approximate surface area is 40.4 Å². The van der Waals surface area contributed by atoms with Gasteiger partial charge in [-0.15, -0.1) is 15.2 Å². The third-order valence-corrected chi connectivity index (χ3v) is 1.30. The molecule has 0 heterocycles. The Morgan fingerprint density at radius 2 is 2.50 bits per heavy atom. The van der Waals surface area contributed by atoms with Crippen LogP contribution < -0.4 is 5.73 Å². The van der Waals surface area contributed by atoms with Crippen LogP contribution in [0.3, 0.4) is 0 Å². The lowest BCUT2D eigenvalue weighted by molar-refractivity contribution is 1.38. The predicted molar refractivity (Wildman–Crippen MR) is 32.4 cm³/mol. The summed E-state index contributed by atoms with van der Waals surface area (Å²) in [6.45, 7) is 3.55. The molecule has 0 spiro atoms. The molecule has 0 aromatic carbocycles. The highest BCUT2D eigenvalue weighted by atomic mass is 31.1. The van der Waals surface area contributed by atoms with Gasteiger partial charge in [-0.2, -0.15) is 0 Å². The van der Waals surface area contributed by atoms with E-state index in [1.807, 2.05) is 6.08 Å². The summed E-state index contributed by atoms with van der Waals surface area (Å²) in [6.07, 6.45) is 3.79. The van der Waals surface area contributed by atoms with E-state index >= 15 is 0 Å². The van der Waals surface area contributed by atoms with Crippen LogP contribution in [0.2, 0.25) is 0 Å². The van der Waals surface area contributed by atoms with Gasteiger partial charge in [0.25, 0.3) is 0 Å². The van der Waals surface area contributed by atoms with Gasteiger partial charge in [0.05, 0.1) is 0 Å². The molecule has 0 saturated carbocycles. The standard InChI is InChI=1S/C4H10NP/c1-2-3-6-4-5/h2,6H,1,3-5H2. The van der Waals surface area contributed by atoms with Crippen LogP contribution in [0.4, 0.5) is 0 Å². The first-order valence-electron chi connectivity index (χ1n) is 1.93. The lowest BCUT2D eigenvalue weighted by atomic mass is 10.8. The van der Waals surface area contributed by atoms with E-state index < -0.39 is 0 Å². The highest BCUT2D eigenvalue weighted by molar-refractivity contribution is 7.38. The molecule has 36 valence electrons. The normalized spacial score (nSPS) is 10.2. The summed E-state index contributed by atoms with van der Waals surface area (Å²) in [4.78, 5) is 0. The molecular weight excluding hydrogens is 93.0 g/mol. The van der Waals surface area contributed by atoms with Crippen LogP contribution in [0.5, 0.6) is 0 Å². The summed E-state index contributed by atoms with van der Waals surface area (Å²) in [6, 6.07) is 0. The van der Waals surface area contributed by atoms with E-state index in [4.69, 9.17) is 5.73 Å². The lowest BCUT2D eigenvalue weighted by Crippen LogP contribution is -1.89. The van der Waals surface area contributed by atoms with E-state index in [0.29, 0.717) is 0 Å². The summed E-state index contributed by atoms with van der Waals surface area (Å²) in [5.41, 5.74) is 5.18. The topological polar surface area (TPSA) is 26.0 Å². The first-order valence-corrected chi connectivity index (χ1v) is 3.35. The number of nitrogens with two attached hydrogens (primary N) is 1. The SMILES string of the molecule is C=CCPCN. The highest BCUT2D eigenvalue weighted by Gasteiger charge is 1.70. The van der Waals surface area contributed by atoms with Crippen LogP contribution in [0.15, 0.2) is 12.7 Å². The average Bonchev–Trinajstić information content (AvgIpc) is 1.61. The van der Waals surface area contributed by atoms with Gasteiger partial charge >= 0.3 is 0 Å². The average molecular weight is 103 g/mol. The third kappa shape index (κ3) is 4.13. The van der Waals surface area contributed by atoms with Crippen molar-refractivity contribution in [2.75, 3.05) is 12.4 Å². The van der Waals surface area contributed by atoms with Crippen LogP contribution in [0, 0.1) is 0 Å². The maximum atomic E-state index is 5.18. The molecule has 0 aromatic rings. The second kappa shape index (κ2) is 5.13. The molecule has 1 nitrogen and oxygen atoms in total. The van der Waals surface area contributed by atoms with Crippen molar-refractivity contribution in [1.29, 1.82) is 0 Å². The second-order valence-electron chi connectivity index (χ2n) is 0.947. The zero-order chi connectivity index (χ0) is 4.83. The number of hydrogen-bond acceptors (Lipinski definition) is 1. The van der Waals surface area contributed by atoms with Gasteiger partial charge in [-0.05, 0) is 6.16 Å². The molecule has 0 saturated heterocycles. The van der Waals surface area contributed by atoms with Crippen molar-refractivity contribution in [2.45, 2.75) is 0 Å². The zero-order valence-corrected chi connectivity index (χ0v) is 4.78. The summed E-state index contributed by atoms with van der Waals surface area (Å²) >= 11 is 0. The molecule has 0 aromatic heterocycles. The van der Waals surface area contributed by atoms with Gasteiger partial charge in [-0.1, -0.05) is 6.08 Å². The Morgan fingerprint density at radius 1 is 1.83 bits per heavy atom. The molecule has 2 heteroatoms. The third-order valence-electron chi connectivity index (χ3n) is 0.433. The summed E-state index contributed by atoms with van der Waals surface area (Å²) in [5, 5.41) is 0. The monoisotopic (exact) mass is 103 g/mol. The minimum Gasteiger partial charge on any atom is -0.327 e. The first kappa shape index (κ1) is 6.13. The van der Waals surface area contributed by atoms with Gasteiger partial charge < -0.3 is 5.73 Å². The lowest BCUT2D eigenvalue weighted by Gasteiger charge is -1.83. The molecule has 1 unspecified atom stereocenters. The van der Waals surface area contributed by atoms with Gasteiger partial charge in [0.15, 0.2) is 0 Å². The first-order chi connectivity index (χ1) is 2.91. The molecule has 6 heavy (non-hydrogen) atoms. The molecule has 0 radical (unpaired) electrons. The van der Waals surface area contributed by atoms with Crippen LogP contribution in [-0.4, -0.2) is 12.4 Å². The summed E-state index contributed by atoms with van der Waals surface area (Å²) < 4.78 is 0. The molecule has 1 atom stereocenters. The zero-order valence-electron chi connectivity index (χ0n) is 3.78. The smallest absolute Gasteiger partial charge is 0.0102 e. The Hall–Kier alpha value is 0.130. The van der Waals surface area contributed by atoms with Crippen LogP contribution in [-0.2, 0) is 0 Å². The summed E-state index contributed by atoms with van der Waals surface area (Å²) in [7, 11) is 0.875. The van der Waals surface area contributed by atoms with Gasteiger partial charge in [0.1, 0.15) is 0 Å². The summed E-state index contributed by atoms with van der Waals surface area (Å²) in [5.74, 6) is 0. The van der Waals surface area contributed by atoms with Gasteiger partial charge in [0, 0.05) is 6.29 Å². The fraction of sp³-hybridized carbons (Fsp3) is 0.500. The van der Waals surface area contributed by atoms with Crippen molar-refractivity contribution >= 4 is 8.58 Å². The van der Waals surface area contributed by atoms with Gasteiger partial charge in [-0.25, -0.2) is 0 Å². The van der Waals surface area contributed by atoms with E-state index in [2.05, 4.69) is 6.58 Å². The van der Waals surface area contributed by atoms with Crippen LogP contribution in [0.25, 0.3) is 0 Å². The van der Waals surface area contributed by atoms with Gasteiger partial charge in [0.2, 0.25) is 0 Å². The van der Waals surface area contributed by atoms with Crippen LogP contribution in [0.1, 0.15) is 0 Å². The molecule has 0 aliphatic heterocycles. The minimum atomic E-state index is 0.812.